The lowest BCUT2D eigenvalue weighted by molar-refractivity contribution is 0.0518. The molecular weight excluding hydrogens is 242 g/mol. The van der Waals surface area contributed by atoms with Crippen LogP contribution in [0.1, 0.15) is 34.2 Å². The molecule has 0 aliphatic rings. The van der Waals surface area contributed by atoms with Crippen LogP contribution < -0.4 is 0 Å². The minimum Gasteiger partial charge on any atom is -0.461 e. The lowest BCUT2D eigenvalue weighted by atomic mass is 10.1. The van der Waals surface area contributed by atoms with Gasteiger partial charge in [-0.15, -0.1) is 5.10 Å². The zero-order chi connectivity index (χ0) is 13.8. The van der Waals surface area contributed by atoms with Crippen molar-refractivity contribution in [3.8, 4) is 0 Å². The number of aromatic nitrogens is 3. The zero-order valence-corrected chi connectivity index (χ0v) is 11.4. The largest absolute Gasteiger partial charge is 0.461 e. The van der Waals surface area contributed by atoms with Crippen LogP contribution in [0.15, 0.2) is 24.3 Å². The van der Waals surface area contributed by atoms with E-state index in [0.717, 1.165) is 11.3 Å². The Balaban J connectivity index is 2.20. The molecule has 0 fully saturated rings. The molecule has 0 aliphatic carbocycles. The van der Waals surface area contributed by atoms with Crippen molar-refractivity contribution in [3.05, 3.63) is 46.8 Å². The molecular formula is C14H17N3O2. The molecule has 0 saturated heterocycles. The number of esters is 1. The van der Waals surface area contributed by atoms with Crippen LogP contribution in [0, 0.1) is 13.8 Å². The van der Waals surface area contributed by atoms with Gasteiger partial charge in [0.1, 0.15) is 0 Å². The van der Waals surface area contributed by atoms with Gasteiger partial charge in [-0.1, -0.05) is 35.0 Å². The van der Waals surface area contributed by atoms with Crippen LogP contribution >= 0.6 is 0 Å². The standard InChI is InChI=1S/C14H17N3O2/c1-4-19-14(18)13-11(3)17(16-15-13)9-12-7-5-6-10(2)8-12/h5-8H,4,9H2,1-3H3. The molecule has 19 heavy (non-hydrogen) atoms. The van der Waals surface area contributed by atoms with Gasteiger partial charge in [0.05, 0.1) is 18.8 Å². The van der Waals surface area contributed by atoms with Crippen molar-refractivity contribution in [1.82, 2.24) is 15.0 Å². The molecule has 0 saturated carbocycles. The van der Waals surface area contributed by atoms with Crippen molar-refractivity contribution in [2.45, 2.75) is 27.3 Å². The molecule has 0 N–H and O–H groups in total. The molecule has 100 valence electrons. The summed E-state index contributed by atoms with van der Waals surface area (Å²) in [6.45, 7) is 6.57. The normalized spacial score (nSPS) is 10.5. The van der Waals surface area contributed by atoms with E-state index in [2.05, 4.69) is 16.4 Å². The van der Waals surface area contributed by atoms with Gasteiger partial charge in [0.25, 0.3) is 0 Å². The molecule has 2 aromatic rings. The second-order valence-corrected chi connectivity index (χ2v) is 4.39. The fraction of sp³-hybridized carbons (Fsp3) is 0.357. The maximum atomic E-state index is 11.6. The van der Waals surface area contributed by atoms with Crippen LogP contribution in [0.3, 0.4) is 0 Å². The summed E-state index contributed by atoms with van der Waals surface area (Å²) in [5.41, 5.74) is 3.33. The topological polar surface area (TPSA) is 57.0 Å². The minimum atomic E-state index is -0.421. The van der Waals surface area contributed by atoms with E-state index in [4.69, 9.17) is 4.74 Å². The SMILES string of the molecule is CCOC(=O)c1nnn(Cc2cccc(C)c2)c1C. The predicted octanol–water partition coefficient (Wildman–Crippen LogP) is 2.12. The second-order valence-electron chi connectivity index (χ2n) is 4.39. The first kappa shape index (κ1) is 13.3. The highest BCUT2D eigenvalue weighted by Crippen LogP contribution is 2.10. The van der Waals surface area contributed by atoms with Gasteiger partial charge in [-0.3, -0.25) is 0 Å². The molecule has 0 radical (unpaired) electrons. The quantitative estimate of drug-likeness (QED) is 0.789. The Kier molecular flexibility index (Phi) is 3.94. The maximum Gasteiger partial charge on any atom is 0.360 e. The van der Waals surface area contributed by atoms with Crippen molar-refractivity contribution in [2.75, 3.05) is 6.61 Å². The number of carbonyl (C=O) groups excluding carboxylic acids is 1. The molecule has 1 aromatic carbocycles. The average Bonchev–Trinajstić information content (AvgIpc) is 2.71. The third-order valence-corrected chi connectivity index (χ3v) is 2.87. The number of rotatable bonds is 4. The highest BCUT2D eigenvalue weighted by molar-refractivity contribution is 5.88. The second kappa shape index (κ2) is 5.65. The highest BCUT2D eigenvalue weighted by Gasteiger charge is 2.17. The molecule has 5 nitrogen and oxygen atoms in total. The summed E-state index contributed by atoms with van der Waals surface area (Å²) in [5.74, 6) is -0.421. The lowest BCUT2D eigenvalue weighted by Gasteiger charge is -2.05. The first-order valence-corrected chi connectivity index (χ1v) is 6.24. The predicted molar refractivity (Wildman–Crippen MR) is 71.0 cm³/mol. The molecule has 2 rings (SSSR count). The summed E-state index contributed by atoms with van der Waals surface area (Å²) in [6, 6.07) is 8.16. The van der Waals surface area contributed by atoms with Crippen LogP contribution in [-0.4, -0.2) is 27.6 Å². The smallest absolute Gasteiger partial charge is 0.360 e. The van der Waals surface area contributed by atoms with Gasteiger partial charge < -0.3 is 4.74 Å². The summed E-state index contributed by atoms with van der Waals surface area (Å²) in [7, 11) is 0. The van der Waals surface area contributed by atoms with Crippen molar-refractivity contribution in [3.63, 3.8) is 0 Å². The summed E-state index contributed by atoms with van der Waals surface area (Å²) in [6.07, 6.45) is 0. The molecule has 0 amide bonds. The number of ether oxygens (including phenoxy) is 1. The number of hydrogen-bond donors (Lipinski definition) is 0. The number of carbonyl (C=O) groups is 1. The van der Waals surface area contributed by atoms with Crippen molar-refractivity contribution in [1.29, 1.82) is 0 Å². The fourth-order valence-corrected chi connectivity index (χ4v) is 1.88. The third kappa shape index (κ3) is 2.99. The van der Waals surface area contributed by atoms with Gasteiger partial charge in [0.15, 0.2) is 5.69 Å². The first-order chi connectivity index (χ1) is 9.11. The van der Waals surface area contributed by atoms with E-state index in [1.165, 1.54) is 5.56 Å². The lowest BCUT2D eigenvalue weighted by Crippen LogP contribution is -2.09. The van der Waals surface area contributed by atoms with Gasteiger partial charge >= 0.3 is 5.97 Å². The van der Waals surface area contributed by atoms with E-state index in [-0.39, 0.29) is 5.69 Å². The van der Waals surface area contributed by atoms with Gasteiger partial charge in [-0.2, -0.15) is 0 Å². The number of hydrogen-bond acceptors (Lipinski definition) is 4. The van der Waals surface area contributed by atoms with Crippen LogP contribution in [-0.2, 0) is 11.3 Å². The van der Waals surface area contributed by atoms with Crippen molar-refractivity contribution >= 4 is 5.97 Å². The molecule has 0 spiro atoms. The Morgan fingerprint density at radius 3 is 2.84 bits per heavy atom. The fourth-order valence-electron chi connectivity index (χ4n) is 1.88. The maximum absolute atomic E-state index is 11.6. The zero-order valence-electron chi connectivity index (χ0n) is 11.4. The number of benzene rings is 1. The van der Waals surface area contributed by atoms with E-state index in [1.54, 1.807) is 11.6 Å². The first-order valence-electron chi connectivity index (χ1n) is 6.24. The molecule has 1 aromatic heterocycles. The van der Waals surface area contributed by atoms with Crippen molar-refractivity contribution < 1.29 is 9.53 Å². The Morgan fingerprint density at radius 2 is 2.16 bits per heavy atom. The van der Waals surface area contributed by atoms with Crippen molar-refractivity contribution in [2.24, 2.45) is 0 Å². The molecule has 1 heterocycles. The van der Waals surface area contributed by atoms with Crippen LogP contribution in [0.25, 0.3) is 0 Å². The van der Waals surface area contributed by atoms with E-state index in [9.17, 15) is 4.79 Å². The average molecular weight is 259 g/mol. The van der Waals surface area contributed by atoms with Gasteiger partial charge in [0, 0.05) is 0 Å². The van der Waals surface area contributed by atoms with Crippen LogP contribution in [0.5, 0.6) is 0 Å². The van der Waals surface area contributed by atoms with E-state index < -0.39 is 5.97 Å². The highest BCUT2D eigenvalue weighted by atomic mass is 16.5. The summed E-state index contributed by atoms with van der Waals surface area (Å²) in [4.78, 5) is 11.6. The van der Waals surface area contributed by atoms with Gasteiger partial charge in [-0.25, -0.2) is 9.48 Å². The van der Waals surface area contributed by atoms with E-state index in [0.29, 0.717) is 13.2 Å². The Labute approximate surface area is 112 Å². The van der Waals surface area contributed by atoms with E-state index >= 15 is 0 Å². The number of aryl methyl sites for hydroxylation is 1. The molecule has 0 unspecified atom stereocenters. The molecule has 0 atom stereocenters. The van der Waals surface area contributed by atoms with Gasteiger partial charge in [-0.05, 0) is 26.3 Å². The summed E-state index contributed by atoms with van der Waals surface area (Å²) < 4.78 is 6.65. The molecule has 0 aliphatic heterocycles. The summed E-state index contributed by atoms with van der Waals surface area (Å²) in [5, 5.41) is 7.90. The molecule has 5 heteroatoms. The Morgan fingerprint density at radius 1 is 1.37 bits per heavy atom. The van der Waals surface area contributed by atoms with Crippen LogP contribution in [0.4, 0.5) is 0 Å². The van der Waals surface area contributed by atoms with Gasteiger partial charge in [0.2, 0.25) is 0 Å². The minimum absolute atomic E-state index is 0.287. The van der Waals surface area contributed by atoms with E-state index in [1.807, 2.05) is 32.0 Å². The number of nitrogens with zero attached hydrogens (tertiary/aromatic N) is 3. The molecule has 0 bridgehead atoms. The Hall–Kier alpha value is -2.17. The monoisotopic (exact) mass is 259 g/mol. The Bertz CT molecular complexity index is 590. The summed E-state index contributed by atoms with van der Waals surface area (Å²) >= 11 is 0. The third-order valence-electron chi connectivity index (χ3n) is 2.87. The van der Waals surface area contributed by atoms with Crippen LogP contribution in [0.2, 0.25) is 0 Å².